The normalized spacial score (nSPS) is 10.5. The summed E-state index contributed by atoms with van der Waals surface area (Å²) in [5, 5.41) is 4.22. The van der Waals surface area contributed by atoms with Crippen LogP contribution in [-0.4, -0.2) is 28.5 Å². The summed E-state index contributed by atoms with van der Waals surface area (Å²) in [6.45, 7) is 0.762. The smallest absolute Gasteiger partial charge is 0.289 e. The molecule has 0 aliphatic heterocycles. The summed E-state index contributed by atoms with van der Waals surface area (Å²) in [7, 11) is 1.57. The Morgan fingerprint density at radius 3 is 2.89 bits per heavy atom. The molecule has 0 unspecified atom stereocenters. The summed E-state index contributed by atoms with van der Waals surface area (Å²) in [5.74, 6) is 0. The van der Waals surface area contributed by atoms with Crippen molar-refractivity contribution in [3.63, 3.8) is 0 Å². The zero-order valence-corrected chi connectivity index (χ0v) is 10.0. The van der Waals surface area contributed by atoms with Crippen LogP contribution in [0.2, 0.25) is 0 Å². The van der Waals surface area contributed by atoms with Gasteiger partial charge in [-0.2, -0.15) is 5.10 Å². The molecule has 0 spiro atoms. The van der Waals surface area contributed by atoms with Crippen LogP contribution in [0.1, 0.15) is 0 Å². The van der Waals surface area contributed by atoms with Crippen LogP contribution in [-0.2, 0) is 11.3 Å². The molecule has 0 fully saturated rings. The minimum atomic E-state index is -0.313. The van der Waals surface area contributed by atoms with E-state index < -0.39 is 0 Å². The van der Waals surface area contributed by atoms with Crippen LogP contribution >= 0.6 is 0 Å². The molecule has 6 heteroatoms. The molecule has 0 aromatic carbocycles. The lowest BCUT2D eigenvalue weighted by molar-refractivity contribution is 0.182. The van der Waals surface area contributed by atoms with Crippen LogP contribution in [0.5, 0.6) is 0 Å². The number of nitrogen functional groups attached to an aromatic ring is 1. The highest BCUT2D eigenvalue weighted by molar-refractivity contribution is 5.57. The number of aromatic nitrogens is 3. The van der Waals surface area contributed by atoms with Gasteiger partial charge in [-0.15, -0.1) is 0 Å². The van der Waals surface area contributed by atoms with E-state index in [4.69, 9.17) is 10.5 Å². The molecule has 0 saturated heterocycles. The van der Waals surface area contributed by atoms with Gasteiger partial charge in [-0.05, 0) is 18.2 Å². The molecule has 0 aliphatic rings. The van der Waals surface area contributed by atoms with E-state index in [2.05, 4.69) is 10.1 Å². The lowest BCUT2D eigenvalue weighted by Gasteiger charge is -2.07. The van der Waals surface area contributed by atoms with Gasteiger partial charge in [-0.25, -0.2) is 4.68 Å². The van der Waals surface area contributed by atoms with E-state index in [1.54, 1.807) is 13.3 Å². The molecule has 2 N–H and O–H groups in total. The third kappa shape index (κ3) is 2.54. The van der Waals surface area contributed by atoms with Gasteiger partial charge in [0.05, 0.1) is 18.8 Å². The molecule has 94 valence electrons. The van der Waals surface area contributed by atoms with E-state index in [-0.39, 0.29) is 11.2 Å². The minimum absolute atomic E-state index is 0.154. The second kappa shape index (κ2) is 5.42. The largest absolute Gasteiger partial charge is 0.394 e. The Labute approximate surface area is 104 Å². The van der Waals surface area contributed by atoms with Crippen molar-refractivity contribution in [2.24, 2.45) is 0 Å². The number of nitrogens with zero attached hydrogens (tertiary/aromatic N) is 3. The Morgan fingerprint density at radius 2 is 2.22 bits per heavy atom. The summed E-state index contributed by atoms with van der Waals surface area (Å²) in [5.41, 5.74) is 6.78. The molecule has 0 bridgehead atoms. The summed E-state index contributed by atoms with van der Waals surface area (Å²) in [4.78, 5) is 15.9. The van der Waals surface area contributed by atoms with E-state index in [1.807, 2.05) is 18.2 Å². The third-order valence-electron chi connectivity index (χ3n) is 2.44. The number of methoxy groups -OCH3 is 1. The highest BCUT2D eigenvalue weighted by Crippen LogP contribution is 2.13. The molecule has 0 saturated carbocycles. The van der Waals surface area contributed by atoms with Crippen LogP contribution in [0, 0.1) is 0 Å². The van der Waals surface area contributed by atoms with Crippen LogP contribution in [0.3, 0.4) is 0 Å². The van der Waals surface area contributed by atoms with E-state index in [0.29, 0.717) is 24.5 Å². The first-order valence-electron chi connectivity index (χ1n) is 5.50. The van der Waals surface area contributed by atoms with Gasteiger partial charge in [-0.3, -0.25) is 9.78 Å². The average Bonchev–Trinajstić information content (AvgIpc) is 2.41. The van der Waals surface area contributed by atoms with Gasteiger partial charge in [-0.1, -0.05) is 6.07 Å². The first-order valence-corrected chi connectivity index (χ1v) is 5.50. The molecule has 0 atom stereocenters. The van der Waals surface area contributed by atoms with Crippen molar-refractivity contribution in [3.05, 3.63) is 40.8 Å². The van der Waals surface area contributed by atoms with Crippen molar-refractivity contribution in [2.75, 3.05) is 19.5 Å². The number of hydrogen-bond donors (Lipinski definition) is 1. The van der Waals surface area contributed by atoms with Crippen LogP contribution < -0.4 is 11.3 Å². The van der Waals surface area contributed by atoms with Crippen LogP contribution in [0.25, 0.3) is 11.4 Å². The van der Waals surface area contributed by atoms with E-state index in [0.717, 1.165) is 0 Å². The number of hydrogen-bond acceptors (Lipinski definition) is 5. The Bertz CT molecular complexity index is 580. The molecule has 18 heavy (non-hydrogen) atoms. The van der Waals surface area contributed by atoms with Crippen molar-refractivity contribution in [3.8, 4) is 11.4 Å². The van der Waals surface area contributed by atoms with Crippen molar-refractivity contribution >= 4 is 5.69 Å². The number of anilines is 1. The Morgan fingerprint density at radius 1 is 1.39 bits per heavy atom. The van der Waals surface area contributed by atoms with Gasteiger partial charge in [0.25, 0.3) is 5.56 Å². The van der Waals surface area contributed by atoms with Crippen LogP contribution in [0.4, 0.5) is 5.69 Å². The fourth-order valence-corrected chi connectivity index (χ4v) is 1.53. The highest BCUT2D eigenvalue weighted by atomic mass is 16.5. The summed E-state index contributed by atoms with van der Waals surface area (Å²) in [6.07, 6.45) is 1.66. The molecule has 2 heterocycles. The van der Waals surface area contributed by atoms with Gasteiger partial charge >= 0.3 is 0 Å². The predicted octanol–water partition coefficient (Wildman–Crippen LogP) is 0.534. The lowest BCUT2D eigenvalue weighted by Crippen LogP contribution is -2.27. The standard InChI is InChI=1S/C12H14N4O2/c1-18-7-6-16-12(17)9(13)8-11(15-16)10-4-2-3-5-14-10/h2-5,8H,6-7,13H2,1H3. The van der Waals surface area contributed by atoms with Gasteiger partial charge in [0.1, 0.15) is 11.4 Å². The quantitative estimate of drug-likeness (QED) is 0.851. The second-order valence-electron chi connectivity index (χ2n) is 3.72. The maximum Gasteiger partial charge on any atom is 0.289 e. The Hall–Kier alpha value is -2.21. The van der Waals surface area contributed by atoms with E-state index in [1.165, 1.54) is 10.7 Å². The monoisotopic (exact) mass is 246 g/mol. The second-order valence-corrected chi connectivity index (χ2v) is 3.72. The molecule has 6 nitrogen and oxygen atoms in total. The van der Waals surface area contributed by atoms with E-state index >= 15 is 0 Å². The minimum Gasteiger partial charge on any atom is -0.394 e. The number of ether oxygens (including phenoxy) is 1. The zero-order valence-electron chi connectivity index (χ0n) is 10.0. The molecule has 2 aromatic rings. The number of nitrogens with two attached hydrogens (primary N) is 1. The van der Waals surface area contributed by atoms with Gasteiger partial charge in [0.2, 0.25) is 0 Å². The fourth-order valence-electron chi connectivity index (χ4n) is 1.53. The number of rotatable bonds is 4. The first kappa shape index (κ1) is 12.3. The lowest BCUT2D eigenvalue weighted by atomic mass is 10.2. The molecule has 0 radical (unpaired) electrons. The fraction of sp³-hybridized carbons (Fsp3) is 0.250. The Kier molecular flexibility index (Phi) is 3.69. The molecular formula is C12H14N4O2. The van der Waals surface area contributed by atoms with Crippen molar-refractivity contribution < 1.29 is 4.74 Å². The van der Waals surface area contributed by atoms with Crippen molar-refractivity contribution in [1.82, 2.24) is 14.8 Å². The Balaban J connectivity index is 2.44. The molecule has 2 rings (SSSR count). The topological polar surface area (TPSA) is 83.0 Å². The van der Waals surface area contributed by atoms with Crippen molar-refractivity contribution in [2.45, 2.75) is 6.54 Å². The predicted molar refractivity (Wildman–Crippen MR) is 68.0 cm³/mol. The van der Waals surface area contributed by atoms with Gasteiger partial charge in [0.15, 0.2) is 0 Å². The zero-order chi connectivity index (χ0) is 13.0. The molecule has 0 amide bonds. The van der Waals surface area contributed by atoms with E-state index in [9.17, 15) is 4.79 Å². The third-order valence-corrected chi connectivity index (χ3v) is 2.44. The first-order chi connectivity index (χ1) is 8.72. The molecular weight excluding hydrogens is 232 g/mol. The van der Waals surface area contributed by atoms with Gasteiger partial charge in [0, 0.05) is 13.3 Å². The maximum atomic E-state index is 11.8. The number of pyridine rings is 1. The van der Waals surface area contributed by atoms with Crippen LogP contribution in [0.15, 0.2) is 35.3 Å². The summed E-state index contributed by atoms with van der Waals surface area (Å²) >= 11 is 0. The SMILES string of the molecule is COCCn1nc(-c2ccccn2)cc(N)c1=O. The highest BCUT2D eigenvalue weighted by Gasteiger charge is 2.08. The van der Waals surface area contributed by atoms with Gasteiger partial charge < -0.3 is 10.5 Å². The average molecular weight is 246 g/mol. The van der Waals surface area contributed by atoms with Crippen molar-refractivity contribution in [1.29, 1.82) is 0 Å². The summed E-state index contributed by atoms with van der Waals surface area (Å²) < 4.78 is 6.22. The summed E-state index contributed by atoms with van der Waals surface area (Å²) in [6, 6.07) is 7.01. The molecule has 2 aromatic heterocycles. The maximum absolute atomic E-state index is 11.8. The molecule has 0 aliphatic carbocycles.